The highest BCUT2D eigenvalue weighted by molar-refractivity contribution is 7.99. The number of rotatable bonds is 7. The zero-order valence-corrected chi connectivity index (χ0v) is 10.0. The van der Waals surface area contributed by atoms with Gasteiger partial charge in [0.15, 0.2) is 0 Å². The van der Waals surface area contributed by atoms with E-state index in [1.54, 1.807) is 11.8 Å². The summed E-state index contributed by atoms with van der Waals surface area (Å²) in [6.07, 6.45) is 0.620. The molecule has 4 heteroatoms. The molecule has 1 aromatic carbocycles. The van der Waals surface area contributed by atoms with Crippen LogP contribution < -0.4 is 5.32 Å². The van der Waals surface area contributed by atoms with Crippen LogP contribution in [-0.2, 0) is 10.5 Å². The second-order valence-corrected chi connectivity index (χ2v) is 4.39. The molecule has 3 nitrogen and oxygen atoms in total. The number of aliphatic hydroxyl groups excluding tert-OH is 1. The average Bonchev–Trinajstić information content (AvgIpc) is 2.31. The molecule has 0 bridgehead atoms. The van der Waals surface area contributed by atoms with Gasteiger partial charge in [-0.2, -0.15) is 0 Å². The molecule has 1 aromatic rings. The van der Waals surface area contributed by atoms with Gasteiger partial charge in [-0.05, 0) is 12.0 Å². The molecule has 0 aromatic heterocycles. The van der Waals surface area contributed by atoms with Gasteiger partial charge in [0.1, 0.15) is 0 Å². The van der Waals surface area contributed by atoms with E-state index >= 15 is 0 Å². The van der Waals surface area contributed by atoms with Crippen molar-refractivity contribution in [1.29, 1.82) is 0 Å². The van der Waals surface area contributed by atoms with Crippen LogP contribution in [0.15, 0.2) is 30.3 Å². The van der Waals surface area contributed by atoms with E-state index in [4.69, 9.17) is 5.11 Å². The lowest BCUT2D eigenvalue weighted by Gasteiger charge is -2.04. The van der Waals surface area contributed by atoms with Crippen molar-refractivity contribution in [3.05, 3.63) is 35.9 Å². The summed E-state index contributed by atoms with van der Waals surface area (Å²) in [5, 5.41) is 11.3. The minimum absolute atomic E-state index is 0.0365. The van der Waals surface area contributed by atoms with Crippen LogP contribution in [0.5, 0.6) is 0 Å². The summed E-state index contributed by atoms with van der Waals surface area (Å²) >= 11 is 1.60. The van der Waals surface area contributed by atoms with Gasteiger partial charge in [0, 0.05) is 18.9 Å². The van der Waals surface area contributed by atoms with Crippen LogP contribution >= 0.6 is 11.8 Å². The number of benzene rings is 1. The topological polar surface area (TPSA) is 49.3 Å². The summed E-state index contributed by atoms with van der Waals surface area (Å²) in [4.78, 5) is 11.3. The Bertz CT molecular complexity index is 303. The van der Waals surface area contributed by atoms with E-state index in [-0.39, 0.29) is 12.5 Å². The summed E-state index contributed by atoms with van der Waals surface area (Å²) in [7, 11) is 0. The summed E-state index contributed by atoms with van der Waals surface area (Å²) in [5.74, 6) is 1.36. The van der Waals surface area contributed by atoms with Gasteiger partial charge in [-0.1, -0.05) is 30.3 Å². The molecular formula is C12H17NO2S. The summed E-state index contributed by atoms with van der Waals surface area (Å²) < 4.78 is 0. The Morgan fingerprint density at radius 3 is 2.75 bits per heavy atom. The number of carbonyl (C=O) groups is 1. The highest BCUT2D eigenvalue weighted by Gasteiger charge is 2.00. The van der Waals surface area contributed by atoms with Crippen molar-refractivity contribution in [2.24, 2.45) is 0 Å². The molecule has 0 radical (unpaired) electrons. The van der Waals surface area contributed by atoms with Gasteiger partial charge in [-0.15, -0.1) is 11.8 Å². The first-order valence-electron chi connectivity index (χ1n) is 5.32. The first kappa shape index (κ1) is 13.1. The molecule has 0 atom stereocenters. The number of hydrogen-bond acceptors (Lipinski definition) is 3. The van der Waals surface area contributed by atoms with Crippen LogP contribution in [0.4, 0.5) is 0 Å². The molecule has 16 heavy (non-hydrogen) atoms. The van der Waals surface area contributed by atoms with E-state index in [1.807, 2.05) is 18.2 Å². The van der Waals surface area contributed by atoms with Crippen molar-refractivity contribution in [3.63, 3.8) is 0 Å². The molecule has 0 aliphatic heterocycles. The lowest BCUT2D eigenvalue weighted by Crippen LogP contribution is -2.26. The van der Waals surface area contributed by atoms with Crippen LogP contribution in [0.3, 0.4) is 0 Å². The van der Waals surface area contributed by atoms with Crippen molar-refractivity contribution in [2.45, 2.75) is 12.2 Å². The Hall–Kier alpha value is -1.00. The first-order chi connectivity index (χ1) is 7.83. The molecule has 2 N–H and O–H groups in total. The molecule has 0 aliphatic carbocycles. The maximum absolute atomic E-state index is 11.3. The van der Waals surface area contributed by atoms with Crippen molar-refractivity contribution < 1.29 is 9.90 Å². The first-order valence-corrected chi connectivity index (χ1v) is 6.47. The Labute approximate surface area is 100 Å². The molecular weight excluding hydrogens is 222 g/mol. The van der Waals surface area contributed by atoms with Gasteiger partial charge in [-0.25, -0.2) is 0 Å². The van der Waals surface area contributed by atoms with Crippen molar-refractivity contribution >= 4 is 17.7 Å². The summed E-state index contributed by atoms with van der Waals surface area (Å²) in [6, 6.07) is 10.1. The largest absolute Gasteiger partial charge is 0.396 e. The highest BCUT2D eigenvalue weighted by atomic mass is 32.2. The fraction of sp³-hybridized carbons (Fsp3) is 0.417. The average molecular weight is 239 g/mol. The number of thioether (sulfide) groups is 1. The van der Waals surface area contributed by atoms with E-state index in [0.29, 0.717) is 18.7 Å². The Kier molecular flexibility index (Phi) is 6.69. The lowest BCUT2D eigenvalue weighted by atomic mass is 10.2. The van der Waals surface area contributed by atoms with Crippen LogP contribution in [0.25, 0.3) is 0 Å². The third-order valence-corrected chi connectivity index (χ3v) is 3.01. The quantitative estimate of drug-likeness (QED) is 0.707. The Morgan fingerprint density at radius 2 is 2.06 bits per heavy atom. The predicted octanol–water partition coefficient (Wildman–Crippen LogP) is 1.42. The van der Waals surface area contributed by atoms with Gasteiger partial charge in [0.25, 0.3) is 0 Å². The third kappa shape index (κ3) is 5.78. The minimum Gasteiger partial charge on any atom is -0.396 e. The van der Waals surface area contributed by atoms with Gasteiger partial charge in [0.2, 0.25) is 5.91 Å². The van der Waals surface area contributed by atoms with Gasteiger partial charge >= 0.3 is 0 Å². The molecule has 0 saturated heterocycles. The molecule has 0 unspecified atom stereocenters. The molecule has 0 fully saturated rings. The third-order valence-electron chi connectivity index (χ3n) is 2.00. The number of amides is 1. The van der Waals surface area contributed by atoms with Gasteiger partial charge in [0.05, 0.1) is 5.75 Å². The monoisotopic (exact) mass is 239 g/mol. The Morgan fingerprint density at radius 1 is 1.31 bits per heavy atom. The predicted molar refractivity (Wildman–Crippen MR) is 67.3 cm³/mol. The second-order valence-electron chi connectivity index (χ2n) is 3.41. The summed E-state index contributed by atoms with van der Waals surface area (Å²) in [5.41, 5.74) is 1.23. The molecule has 88 valence electrons. The summed E-state index contributed by atoms with van der Waals surface area (Å²) in [6.45, 7) is 0.679. The van der Waals surface area contributed by atoms with Gasteiger partial charge < -0.3 is 10.4 Å². The van der Waals surface area contributed by atoms with Gasteiger partial charge in [-0.3, -0.25) is 4.79 Å². The molecule has 0 spiro atoms. The van der Waals surface area contributed by atoms with E-state index in [0.717, 1.165) is 5.75 Å². The van der Waals surface area contributed by atoms with Crippen LogP contribution in [0, 0.1) is 0 Å². The standard InChI is InChI=1S/C12H17NO2S/c14-8-4-7-13-12(15)10-16-9-11-5-2-1-3-6-11/h1-3,5-6,14H,4,7-10H2,(H,13,15). The smallest absolute Gasteiger partial charge is 0.230 e. The van der Waals surface area contributed by atoms with Crippen molar-refractivity contribution in [3.8, 4) is 0 Å². The fourth-order valence-corrected chi connectivity index (χ4v) is 2.01. The second kappa shape index (κ2) is 8.19. The zero-order valence-electron chi connectivity index (χ0n) is 9.19. The maximum atomic E-state index is 11.3. The molecule has 0 saturated carbocycles. The zero-order chi connectivity index (χ0) is 11.6. The van der Waals surface area contributed by atoms with Crippen molar-refractivity contribution in [1.82, 2.24) is 5.32 Å². The van der Waals surface area contributed by atoms with Crippen molar-refractivity contribution in [2.75, 3.05) is 18.9 Å². The molecule has 1 rings (SSSR count). The molecule has 0 aliphatic rings. The molecule has 1 amide bonds. The van der Waals surface area contributed by atoms with Crippen LogP contribution in [-0.4, -0.2) is 29.9 Å². The SMILES string of the molecule is O=C(CSCc1ccccc1)NCCCO. The lowest BCUT2D eigenvalue weighted by molar-refractivity contribution is -0.118. The van der Waals surface area contributed by atoms with Crippen LogP contribution in [0.2, 0.25) is 0 Å². The van der Waals surface area contributed by atoms with E-state index in [2.05, 4.69) is 17.4 Å². The van der Waals surface area contributed by atoms with Crippen LogP contribution in [0.1, 0.15) is 12.0 Å². The molecule has 0 heterocycles. The highest BCUT2D eigenvalue weighted by Crippen LogP contribution is 2.10. The number of carbonyl (C=O) groups excluding carboxylic acids is 1. The van der Waals surface area contributed by atoms with E-state index in [9.17, 15) is 4.79 Å². The Balaban J connectivity index is 2.09. The van der Waals surface area contributed by atoms with E-state index < -0.39 is 0 Å². The number of hydrogen-bond donors (Lipinski definition) is 2. The minimum atomic E-state index is 0.0365. The normalized spacial score (nSPS) is 10.1. The number of aliphatic hydroxyl groups is 1. The maximum Gasteiger partial charge on any atom is 0.230 e. The van der Waals surface area contributed by atoms with E-state index in [1.165, 1.54) is 5.56 Å². The number of nitrogens with one attached hydrogen (secondary N) is 1. The fourth-order valence-electron chi connectivity index (χ4n) is 1.19.